The Labute approximate surface area is 261 Å². The van der Waals surface area contributed by atoms with Crippen LogP contribution >= 0.6 is 23.2 Å². The average molecular weight is 625 g/mol. The molecule has 226 valence electrons. The van der Waals surface area contributed by atoms with E-state index in [4.69, 9.17) is 37.4 Å². The van der Waals surface area contributed by atoms with Gasteiger partial charge in [0.1, 0.15) is 11.8 Å². The molecule has 1 amide bonds. The smallest absolute Gasteiger partial charge is 0.225 e. The molecule has 1 spiro atoms. The molecule has 3 aromatic rings. The standard InChI is InChI=1S/C32H35Cl2N5O4/c1-41-27-15-26(23(33)13-24(27)34)37-30-21(16-35)17-36-25-14-29(28(42-2)12-22(25)30)43-11-3-8-38-9-6-32(7-10-38)18-39(19-32)31(40)20-4-5-20/h12-15,17,20H,3-11,18-19H2,1-2H3,(H,36,37). The van der Waals surface area contributed by atoms with Crippen molar-refractivity contribution in [3.05, 3.63) is 46.1 Å². The third-order valence-electron chi connectivity index (χ3n) is 8.86. The van der Waals surface area contributed by atoms with E-state index in [1.165, 1.54) is 13.3 Å². The maximum Gasteiger partial charge on any atom is 0.225 e. The molecule has 11 heteroatoms. The number of nitrogens with zero attached hydrogens (tertiary/aromatic N) is 4. The minimum atomic E-state index is 0.321. The van der Waals surface area contributed by atoms with Crippen molar-refractivity contribution in [2.45, 2.75) is 32.1 Å². The van der Waals surface area contributed by atoms with Gasteiger partial charge in [0.15, 0.2) is 11.5 Å². The fourth-order valence-corrected chi connectivity index (χ4v) is 6.66. The number of carbonyl (C=O) groups is 1. The van der Waals surface area contributed by atoms with Crippen LogP contribution in [0.25, 0.3) is 10.9 Å². The number of methoxy groups -OCH3 is 2. The third-order valence-corrected chi connectivity index (χ3v) is 9.47. The van der Waals surface area contributed by atoms with Gasteiger partial charge in [0.25, 0.3) is 0 Å². The number of rotatable bonds is 10. The minimum Gasteiger partial charge on any atom is -0.495 e. The number of ether oxygens (including phenoxy) is 3. The summed E-state index contributed by atoms with van der Waals surface area (Å²) in [5.74, 6) is 2.30. The van der Waals surface area contributed by atoms with Gasteiger partial charge in [-0.3, -0.25) is 9.78 Å². The molecule has 9 nitrogen and oxygen atoms in total. The summed E-state index contributed by atoms with van der Waals surface area (Å²) < 4.78 is 17.2. The zero-order valence-electron chi connectivity index (χ0n) is 24.4. The monoisotopic (exact) mass is 623 g/mol. The Balaban J connectivity index is 1.08. The number of piperidine rings is 1. The van der Waals surface area contributed by atoms with E-state index < -0.39 is 0 Å². The van der Waals surface area contributed by atoms with Crippen molar-refractivity contribution in [1.29, 1.82) is 5.26 Å². The predicted octanol–water partition coefficient (Wildman–Crippen LogP) is 6.28. The number of hydrogen-bond donors (Lipinski definition) is 1. The van der Waals surface area contributed by atoms with E-state index in [0.717, 1.165) is 64.8 Å². The first-order valence-electron chi connectivity index (χ1n) is 14.7. The first-order chi connectivity index (χ1) is 20.8. The second kappa shape index (κ2) is 12.3. The summed E-state index contributed by atoms with van der Waals surface area (Å²) in [6.45, 7) is 5.52. The van der Waals surface area contributed by atoms with Gasteiger partial charge in [-0.15, -0.1) is 0 Å². The third kappa shape index (κ3) is 6.14. The van der Waals surface area contributed by atoms with Gasteiger partial charge >= 0.3 is 0 Å². The number of aromatic nitrogens is 1. The van der Waals surface area contributed by atoms with E-state index in [1.807, 2.05) is 12.1 Å². The number of likely N-dealkylation sites (tertiary alicyclic amines) is 2. The molecule has 3 fully saturated rings. The highest BCUT2D eigenvalue weighted by Crippen LogP contribution is 2.44. The molecule has 0 atom stereocenters. The van der Waals surface area contributed by atoms with Crippen LogP contribution in [0.3, 0.4) is 0 Å². The van der Waals surface area contributed by atoms with Crippen molar-refractivity contribution in [2.24, 2.45) is 11.3 Å². The van der Waals surface area contributed by atoms with Crippen LogP contribution < -0.4 is 19.5 Å². The first kappa shape index (κ1) is 29.6. The van der Waals surface area contributed by atoms with E-state index in [0.29, 0.717) is 79.0 Å². The summed E-state index contributed by atoms with van der Waals surface area (Å²) in [6.07, 6.45) is 6.87. The Kier molecular flexibility index (Phi) is 8.45. The Bertz CT molecular complexity index is 1570. The largest absolute Gasteiger partial charge is 0.495 e. The molecule has 1 aliphatic carbocycles. The van der Waals surface area contributed by atoms with Crippen molar-refractivity contribution in [3.63, 3.8) is 0 Å². The molecule has 2 aromatic carbocycles. The molecule has 1 N–H and O–H groups in total. The summed E-state index contributed by atoms with van der Waals surface area (Å²) in [5.41, 5.74) is 2.41. The number of hydrogen-bond acceptors (Lipinski definition) is 8. The van der Waals surface area contributed by atoms with Gasteiger partial charge < -0.3 is 29.3 Å². The maximum absolute atomic E-state index is 12.3. The number of pyridine rings is 1. The molecule has 1 aromatic heterocycles. The SMILES string of the molecule is COc1cc(Nc2c(C#N)cnc3cc(OCCCN4CCC5(CC4)CN(C(=O)C4CC4)C5)c(OC)cc23)c(Cl)cc1Cl. The van der Waals surface area contributed by atoms with Gasteiger partial charge in [0.05, 0.1) is 53.3 Å². The molecule has 0 bridgehead atoms. The highest BCUT2D eigenvalue weighted by Gasteiger charge is 2.48. The lowest BCUT2D eigenvalue weighted by Crippen LogP contribution is -2.62. The summed E-state index contributed by atoms with van der Waals surface area (Å²) in [5, 5.41) is 14.5. The summed E-state index contributed by atoms with van der Waals surface area (Å²) in [6, 6.07) is 9.13. The first-order valence-corrected chi connectivity index (χ1v) is 15.4. The lowest BCUT2D eigenvalue weighted by atomic mass is 9.72. The molecule has 3 aliphatic rings. The molecule has 2 saturated heterocycles. The van der Waals surface area contributed by atoms with Crippen molar-refractivity contribution in [1.82, 2.24) is 14.8 Å². The van der Waals surface area contributed by atoms with E-state index >= 15 is 0 Å². The zero-order chi connectivity index (χ0) is 30.1. The number of fused-ring (bicyclic) bond motifs is 1. The molecular weight excluding hydrogens is 589 g/mol. The lowest BCUT2D eigenvalue weighted by molar-refractivity contribution is -0.148. The molecule has 43 heavy (non-hydrogen) atoms. The van der Waals surface area contributed by atoms with Gasteiger partial charge in [-0.2, -0.15) is 5.26 Å². The van der Waals surface area contributed by atoms with Crippen LogP contribution in [0.1, 0.15) is 37.7 Å². The molecule has 6 rings (SSSR count). The van der Waals surface area contributed by atoms with Crippen molar-refractivity contribution in [2.75, 3.05) is 58.9 Å². The number of carbonyl (C=O) groups excluding carboxylic acids is 1. The maximum atomic E-state index is 12.3. The topological polar surface area (TPSA) is 100.0 Å². The van der Waals surface area contributed by atoms with E-state index in [-0.39, 0.29) is 0 Å². The number of amides is 1. The lowest BCUT2D eigenvalue weighted by Gasteiger charge is -2.54. The number of nitrogens with one attached hydrogen (secondary N) is 1. The van der Waals surface area contributed by atoms with Crippen LogP contribution in [0.4, 0.5) is 11.4 Å². The van der Waals surface area contributed by atoms with Gasteiger partial charge in [0.2, 0.25) is 5.91 Å². The summed E-state index contributed by atoms with van der Waals surface area (Å²) >= 11 is 12.7. The Morgan fingerprint density at radius 3 is 2.49 bits per heavy atom. The number of halogens is 2. The Morgan fingerprint density at radius 1 is 1.07 bits per heavy atom. The quantitative estimate of drug-likeness (QED) is 0.263. The molecule has 2 aliphatic heterocycles. The fraction of sp³-hybridized carbons (Fsp3) is 0.469. The van der Waals surface area contributed by atoms with Crippen LogP contribution in [-0.2, 0) is 4.79 Å². The average Bonchev–Trinajstić information content (AvgIpc) is 3.85. The van der Waals surface area contributed by atoms with Gasteiger partial charge in [-0.25, -0.2) is 0 Å². The summed E-state index contributed by atoms with van der Waals surface area (Å²) in [7, 11) is 3.12. The van der Waals surface area contributed by atoms with Crippen molar-refractivity contribution < 1.29 is 19.0 Å². The second-order valence-corrected chi connectivity index (χ2v) is 12.6. The zero-order valence-corrected chi connectivity index (χ0v) is 25.9. The van der Waals surface area contributed by atoms with Crippen LogP contribution in [0.2, 0.25) is 10.0 Å². The summed E-state index contributed by atoms with van der Waals surface area (Å²) in [4.78, 5) is 21.4. The van der Waals surface area contributed by atoms with Crippen LogP contribution in [0.5, 0.6) is 17.2 Å². The number of nitriles is 1. The molecule has 3 heterocycles. The van der Waals surface area contributed by atoms with Crippen LogP contribution in [0, 0.1) is 22.7 Å². The van der Waals surface area contributed by atoms with Crippen LogP contribution in [-0.4, -0.2) is 74.2 Å². The van der Waals surface area contributed by atoms with Gasteiger partial charge in [-0.1, -0.05) is 23.2 Å². The molecule has 0 radical (unpaired) electrons. The molecule has 0 unspecified atom stereocenters. The fourth-order valence-electron chi connectivity index (χ4n) is 6.15. The van der Waals surface area contributed by atoms with Gasteiger partial charge in [0, 0.05) is 54.7 Å². The highest BCUT2D eigenvalue weighted by molar-refractivity contribution is 6.37. The van der Waals surface area contributed by atoms with E-state index in [9.17, 15) is 10.1 Å². The Morgan fingerprint density at radius 2 is 1.81 bits per heavy atom. The highest BCUT2D eigenvalue weighted by atomic mass is 35.5. The Hall–Kier alpha value is -3.45. The van der Waals surface area contributed by atoms with Gasteiger partial charge in [-0.05, 0) is 57.3 Å². The van der Waals surface area contributed by atoms with Crippen molar-refractivity contribution in [3.8, 4) is 23.3 Å². The number of anilines is 2. The minimum absolute atomic E-state index is 0.321. The predicted molar refractivity (Wildman–Crippen MR) is 167 cm³/mol. The molecule has 1 saturated carbocycles. The van der Waals surface area contributed by atoms with Crippen LogP contribution in [0.15, 0.2) is 30.5 Å². The number of benzene rings is 2. The second-order valence-electron chi connectivity index (χ2n) is 11.8. The van der Waals surface area contributed by atoms with Crippen molar-refractivity contribution >= 4 is 51.4 Å². The van der Waals surface area contributed by atoms with E-state index in [2.05, 4.69) is 26.2 Å². The van der Waals surface area contributed by atoms with E-state index in [1.54, 1.807) is 19.2 Å². The normalized spacial score (nSPS) is 17.8. The molecular formula is C32H35Cl2N5O4.